The smallest absolute Gasteiger partial charge is 0.251 e. The van der Waals surface area contributed by atoms with E-state index in [-0.39, 0.29) is 23.8 Å². The maximum absolute atomic E-state index is 12.5. The number of nitrogens with two attached hydrogens (primary N) is 1. The second-order valence-corrected chi connectivity index (χ2v) is 5.91. The number of methoxy groups -OCH3 is 1. The molecule has 120 valence electrons. The Morgan fingerprint density at radius 2 is 1.95 bits per heavy atom. The fourth-order valence-corrected chi connectivity index (χ4v) is 3.08. The van der Waals surface area contributed by atoms with E-state index in [0.29, 0.717) is 5.56 Å². The maximum atomic E-state index is 12.5. The highest BCUT2D eigenvalue weighted by molar-refractivity contribution is 5.96. The van der Waals surface area contributed by atoms with E-state index in [1.54, 1.807) is 19.2 Å². The van der Waals surface area contributed by atoms with Crippen molar-refractivity contribution >= 4 is 11.8 Å². The first kappa shape index (κ1) is 16.3. The highest BCUT2D eigenvalue weighted by atomic mass is 16.5. The molecule has 1 aromatic rings. The van der Waals surface area contributed by atoms with Gasteiger partial charge in [0.25, 0.3) is 5.91 Å². The van der Waals surface area contributed by atoms with Gasteiger partial charge >= 0.3 is 0 Å². The molecule has 1 aromatic carbocycles. The standard InChI is InChI=1S/C17H24N2O3/c1-11-10-12(22-2)8-9-13(11)17(21)19-15-7-5-3-4-6-14(15)16(18)20/h8-10,14-15H,3-7H2,1-2H3,(H2,18,20)(H,19,21)/t14-,15-/m0/s1. The molecule has 0 heterocycles. The van der Waals surface area contributed by atoms with Gasteiger partial charge in [0.1, 0.15) is 5.75 Å². The molecule has 1 saturated carbocycles. The predicted molar refractivity (Wildman–Crippen MR) is 84.8 cm³/mol. The number of carbonyl (C=O) groups excluding carboxylic acids is 2. The van der Waals surface area contributed by atoms with Crippen molar-refractivity contribution in [3.05, 3.63) is 29.3 Å². The zero-order chi connectivity index (χ0) is 16.1. The van der Waals surface area contributed by atoms with Crippen molar-refractivity contribution in [1.82, 2.24) is 5.32 Å². The van der Waals surface area contributed by atoms with E-state index >= 15 is 0 Å². The number of nitrogens with one attached hydrogen (secondary N) is 1. The Balaban J connectivity index is 2.13. The summed E-state index contributed by atoms with van der Waals surface area (Å²) in [6.45, 7) is 1.87. The molecule has 5 nitrogen and oxygen atoms in total. The lowest BCUT2D eigenvalue weighted by atomic mass is 9.93. The van der Waals surface area contributed by atoms with Crippen LogP contribution in [0.15, 0.2) is 18.2 Å². The molecule has 22 heavy (non-hydrogen) atoms. The lowest BCUT2D eigenvalue weighted by Gasteiger charge is -2.24. The molecule has 2 rings (SSSR count). The van der Waals surface area contributed by atoms with Gasteiger partial charge in [0.15, 0.2) is 0 Å². The molecule has 1 aliphatic rings. The topological polar surface area (TPSA) is 81.4 Å². The van der Waals surface area contributed by atoms with E-state index in [1.165, 1.54) is 0 Å². The fraction of sp³-hybridized carbons (Fsp3) is 0.529. The molecule has 0 saturated heterocycles. The van der Waals surface area contributed by atoms with Crippen LogP contribution in [0, 0.1) is 12.8 Å². The first-order chi connectivity index (χ1) is 10.5. The minimum Gasteiger partial charge on any atom is -0.497 e. The van der Waals surface area contributed by atoms with Crippen LogP contribution in [0.5, 0.6) is 5.75 Å². The molecule has 0 radical (unpaired) electrons. The van der Waals surface area contributed by atoms with Crippen LogP contribution in [0.25, 0.3) is 0 Å². The van der Waals surface area contributed by atoms with Gasteiger partial charge in [-0.3, -0.25) is 9.59 Å². The van der Waals surface area contributed by atoms with Crippen molar-refractivity contribution in [3.8, 4) is 5.75 Å². The van der Waals surface area contributed by atoms with E-state index in [0.717, 1.165) is 43.4 Å². The summed E-state index contributed by atoms with van der Waals surface area (Å²) in [5.74, 6) is -0.0273. The number of hydrogen-bond donors (Lipinski definition) is 2. The molecule has 2 atom stereocenters. The van der Waals surface area contributed by atoms with E-state index in [9.17, 15) is 9.59 Å². The number of carbonyl (C=O) groups is 2. The number of hydrogen-bond acceptors (Lipinski definition) is 3. The highest BCUT2D eigenvalue weighted by Crippen LogP contribution is 2.24. The van der Waals surface area contributed by atoms with Crippen molar-refractivity contribution in [2.75, 3.05) is 7.11 Å². The first-order valence-corrected chi connectivity index (χ1v) is 7.77. The summed E-state index contributed by atoms with van der Waals surface area (Å²) >= 11 is 0. The zero-order valence-electron chi connectivity index (χ0n) is 13.2. The van der Waals surface area contributed by atoms with Crippen molar-refractivity contribution in [2.24, 2.45) is 11.7 Å². The Morgan fingerprint density at radius 3 is 2.59 bits per heavy atom. The zero-order valence-corrected chi connectivity index (χ0v) is 13.2. The summed E-state index contributed by atoms with van der Waals surface area (Å²) in [4.78, 5) is 24.2. The largest absolute Gasteiger partial charge is 0.497 e. The SMILES string of the molecule is COc1ccc(C(=O)N[C@H]2CCCCC[C@@H]2C(N)=O)c(C)c1. The summed E-state index contributed by atoms with van der Waals surface area (Å²) in [6, 6.07) is 5.17. The van der Waals surface area contributed by atoms with Gasteiger partial charge in [-0.25, -0.2) is 0 Å². The molecule has 0 spiro atoms. The van der Waals surface area contributed by atoms with Crippen molar-refractivity contribution in [2.45, 2.75) is 45.1 Å². The normalized spacial score (nSPS) is 21.7. The third kappa shape index (κ3) is 3.78. The molecule has 5 heteroatoms. The number of rotatable bonds is 4. The van der Waals surface area contributed by atoms with Crippen molar-refractivity contribution in [1.29, 1.82) is 0 Å². The summed E-state index contributed by atoms with van der Waals surface area (Å²) < 4.78 is 5.15. The predicted octanol–water partition coefficient (Wildman–Crippen LogP) is 2.17. The van der Waals surface area contributed by atoms with Crippen LogP contribution in [-0.2, 0) is 4.79 Å². The van der Waals surface area contributed by atoms with E-state index in [4.69, 9.17) is 10.5 Å². The molecule has 3 N–H and O–H groups in total. The van der Waals surface area contributed by atoms with Gasteiger partial charge in [0.2, 0.25) is 5.91 Å². The second kappa shape index (κ2) is 7.29. The number of benzene rings is 1. The number of ether oxygens (including phenoxy) is 1. The quantitative estimate of drug-likeness (QED) is 0.836. The van der Waals surface area contributed by atoms with Gasteiger partial charge in [-0.2, -0.15) is 0 Å². The van der Waals surface area contributed by atoms with Gasteiger partial charge in [0.05, 0.1) is 13.0 Å². The highest BCUT2D eigenvalue weighted by Gasteiger charge is 2.29. The number of aryl methyl sites for hydroxylation is 1. The van der Waals surface area contributed by atoms with Crippen molar-refractivity contribution in [3.63, 3.8) is 0 Å². The van der Waals surface area contributed by atoms with E-state index in [1.807, 2.05) is 13.0 Å². The van der Waals surface area contributed by atoms with Crippen LogP contribution in [0.3, 0.4) is 0 Å². The van der Waals surface area contributed by atoms with Gasteiger partial charge in [0, 0.05) is 11.6 Å². The van der Waals surface area contributed by atoms with Crippen molar-refractivity contribution < 1.29 is 14.3 Å². The van der Waals surface area contributed by atoms with Crippen LogP contribution in [0.1, 0.15) is 48.0 Å². The minimum absolute atomic E-state index is 0.154. The molecule has 0 bridgehead atoms. The Bertz CT molecular complexity index is 557. The van der Waals surface area contributed by atoms with E-state index in [2.05, 4.69) is 5.32 Å². The van der Waals surface area contributed by atoms with Gasteiger partial charge in [-0.05, 0) is 43.5 Å². The Morgan fingerprint density at radius 1 is 1.23 bits per heavy atom. The Kier molecular flexibility index (Phi) is 5.41. The van der Waals surface area contributed by atoms with E-state index < -0.39 is 0 Å². The molecular formula is C17H24N2O3. The van der Waals surface area contributed by atoms with Crippen LogP contribution < -0.4 is 15.8 Å². The molecule has 0 unspecified atom stereocenters. The average Bonchev–Trinajstić information content (AvgIpc) is 2.72. The average molecular weight is 304 g/mol. The van der Waals surface area contributed by atoms with Crippen LogP contribution in [0.4, 0.5) is 0 Å². The summed E-state index contributed by atoms with van der Waals surface area (Å²) in [5, 5.41) is 3.00. The summed E-state index contributed by atoms with van der Waals surface area (Å²) in [6.07, 6.45) is 4.63. The fourth-order valence-electron chi connectivity index (χ4n) is 3.08. The number of amides is 2. The Hall–Kier alpha value is -2.04. The Labute approximate surface area is 131 Å². The molecule has 2 amide bonds. The molecule has 0 aliphatic heterocycles. The third-order valence-corrected chi connectivity index (χ3v) is 4.38. The second-order valence-electron chi connectivity index (χ2n) is 5.91. The lowest BCUT2D eigenvalue weighted by Crippen LogP contribution is -2.45. The summed E-state index contributed by atoms with van der Waals surface area (Å²) in [7, 11) is 1.59. The monoisotopic (exact) mass is 304 g/mol. The molecule has 1 aliphatic carbocycles. The summed E-state index contributed by atoms with van der Waals surface area (Å²) in [5.41, 5.74) is 6.96. The first-order valence-electron chi connectivity index (χ1n) is 7.77. The van der Waals surface area contributed by atoms with Crippen LogP contribution in [0.2, 0.25) is 0 Å². The van der Waals surface area contributed by atoms with Gasteiger partial charge < -0.3 is 15.8 Å². The molecular weight excluding hydrogens is 280 g/mol. The number of primary amides is 1. The van der Waals surface area contributed by atoms with Crippen LogP contribution >= 0.6 is 0 Å². The van der Waals surface area contributed by atoms with Crippen LogP contribution in [-0.4, -0.2) is 25.0 Å². The molecule has 0 aromatic heterocycles. The molecule has 1 fully saturated rings. The van der Waals surface area contributed by atoms with Gasteiger partial charge in [-0.15, -0.1) is 0 Å². The van der Waals surface area contributed by atoms with Gasteiger partial charge in [-0.1, -0.05) is 19.3 Å². The minimum atomic E-state index is -0.321. The lowest BCUT2D eigenvalue weighted by molar-refractivity contribution is -0.122. The maximum Gasteiger partial charge on any atom is 0.251 e. The third-order valence-electron chi connectivity index (χ3n) is 4.38.